The first-order chi connectivity index (χ1) is 8.06. The second-order valence-corrected chi connectivity index (χ2v) is 3.87. The Morgan fingerprint density at radius 1 is 1.41 bits per heavy atom. The van der Waals surface area contributed by atoms with Crippen LogP contribution in [0.3, 0.4) is 0 Å². The van der Waals surface area contributed by atoms with Crippen molar-refractivity contribution in [1.29, 1.82) is 0 Å². The number of nitrogens with zero attached hydrogens (tertiary/aromatic N) is 2. The molecular weight excluding hydrogens is 220 g/mol. The topological polar surface area (TPSA) is 83.8 Å². The van der Waals surface area contributed by atoms with Gasteiger partial charge in [-0.25, -0.2) is 4.98 Å². The third kappa shape index (κ3) is 2.52. The second-order valence-electron chi connectivity index (χ2n) is 3.87. The number of rotatable bonds is 3. The summed E-state index contributed by atoms with van der Waals surface area (Å²) in [5.41, 5.74) is 1.67. The third-order valence-corrected chi connectivity index (χ3v) is 2.49. The highest BCUT2D eigenvalue weighted by atomic mass is 16.5. The first kappa shape index (κ1) is 11.4. The maximum Gasteiger partial charge on any atom is 0.252 e. The van der Waals surface area contributed by atoms with E-state index >= 15 is 0 Å². The van der Waals surface area contributed by atoms with Crippen molar-refractivity contribution in [3.8, 4) is 0 Å². The number of hydrogen-bond donors (Lipinski definition) is 2. The summed E-state index contributed by atoms with van der Waals surface area (Å²) < 4.78 is 5.05. The molecule has 0 aliphatic rings. The molecule has 6 heteroatoms. The average molecular weight is 234 g/mol. The minimum atomic E-state index is -0.168. The quantitative estimate of drug-likeness (QED) is 0.836. The van der Waals surface area contributed by atoms with Crippen LogP contribution >= 0.6 is 0 Å². The summed E-state index contributed by atoms with van der Waals surface area (Å²) >= 11 is 0. The van der Waals surface area contributed by atoms with Gasteiger partial charge in [-0.1, -0.05) is 5.16 Å². The van der Waals surface area contributed by atoms with Crippen LogP contribution in [0.1, 0.15) is 22.8 Å². The smallest absolute Gasteiger partial charge is 0.252 e. The van der Waals surface area contributed by atoms with Crippen LogP contribution in [0.15, 0.2) is 15.4 Å². The third-order valence-electron chi connectivity index (χ3n) is 2.49. The largest absolute Gasteiger partial charge is 0.366 e. The van der Waals surface area contributed by atoms with Crippen molar-refractivity contribution in [2.24, 2.45) is 0 Å². The molecule has 2 aromatic heterocycles. The van der Waals surface area contributed by atoms with Crippen LogP contribution in [0.25, 0.3) is 0 Å². The van der Waals surface area contributed by atoms with Crippen LogP contribution in [-0.4, -0.2) is 15.1 Å². The summed E-state index contributed by atoms with van der Waals surface area (Å²) in [6, 6.07) is 1.42. The van der Waals surface area contributed by atoms with Crippen molar-refractivity contribution in [3.63, 3.8) is 0 Å². The Balaban J connectivity index is 2.15. The summed E-state index contributed by atoms with van der Waals surface area (Å²) in [5, 5.41) is 6.94. The molecule has 0 spiro atoms. The summed E-state index contributed by atoms with van der Waals surface area (Å²) in [5.74, 6) is 1.90. The van der Waals surface area contributed by atoms with E-state index in [9.17, 15) is 4.79 Å². The van der Waals surface area contributed by atoms with E-state index in [4.69, 9.17) is 4.52 Å². The lowest BCUT2D eigenvalue weighted by Crippen LogP contribution is -2.12. The molecule has 0 amide bonds. The maximum absolute atomic E-state index is 11.2. The molecule has 0 aliphatic carbocycles. The van der Waals surface area contributed by atoms with Crippen LogP contribution in [-0.2, 0) is 6.54 Å². The van der Waals surface area contributed by atoms with Gasteiger partial charge in [-0.3, -0.25) is 4.79 Å². The first-order valence-electron chi connectivity index (χ1n) is 5.30. The van der Waals surface area contributed by atoms with Crippen LogP contribution in [0.2, 0.25) is 0 Å². The number of aromatic amines is 1. The molecule has 6 nitrogen and oxygen atoms in total. The lowest BCUT2D eigenvalue weighted by atomic mass is 10.2. The average Bonchev–Trinajstić information content (AvgIpc) is 2.55. The Bertz CT molecular complexity index is 566. The fourth-order valence-corrected chi connectivity index (χ4v) is 1.60. The van der Waals surface area contributed by atoms with Gasteiger partial charge < -0.3 is 14.8 Å². The van der Waals surface area contributed by atoms with Crippen molar-refractivity contribution < 1.29 is 4.52 Å². The zero-order chi connectivity index (χ0) is 12.4. The molecule has 0 saturated heterocycles. The highest BCUT2D eigenvalue weighted by Gasteiger charge is 2.08. The molecule has 2 N–H and O–H groups in total. The minimum Gasteiger partial charge on any atom is -0.366 e. The first-order valence-corrected chi connectivity index (χ1v) is 5.30. The van der Waals surface area contributed by atoms with Crippen LogP contribution in [0.5, 0.6) is 0 Å². The molecular formula is C11H14N4O2. The molecule has 0 aliphatic heterocycles. The fraction of sp³-hybridized carbons (Fsp3) is 0.364. The lowest BCUT2D eigenvalue weighted by molar-refractivity contribution is 0.392. The zero-order valence-corrected chi connectivity index (χ0v) is 10.00. The van der Waals surface area contributed by atoms with E-state index in [1.807, 2.05) is 13.8 Å². The molecule has 0 saturated carbocycles. The zero-order valence-electron chi connectivity index (χ0n) is 10.00. The van der Waals surface area contributed by atoms with Gasteiger partial charge in [0.1, 0.15) is 17.4 Å². The van der Waals surface area contributed by atoms with Crippen molar-refractivity contribution in [2.75, 3.05) is 5.32 Å². The Morgan fingerprint density at radius 3 is 2.76 bits per heavy atom. The number of aromatic nitrogens is 3. The molecule has 0 atom stereocenters. The van der Waals surface area contributed by atoms with Crippen molar-refractivity contribution >= 4 is 5.82 Å². The van der Waals surface area contributed by atoms with Gasteiger partial charge in [-0.15, -0.1) is 0 Å². The highest BCUT2D eigenvalue weighted by molar-refractivity contribution is 5.35. The predicted molar refractivity (Wildman–Crippen MR) is 62.9 cm³/mol. The molecule has 2 heterocycles. The van der Waals surface area contributed by atoms with Gasteiger partial charge in [-0.05, 0) is 20.8 Å². The van der Waals surface area contributed by atoms with Gasteiger partial charge in [0.05, 0.1) is 5.69 Å². The summed E-state index contributed by atoms with van der Waals surface area (Å²) in [4.78, 5) is 18.0. The van der Waals surface area contributed by atoms with Gasteiger partial charge in [0.15, 0.2) is 0 Å². The second kappa shape index (κ2) is 4.40. The number of nitrogens with one attached hydrogen (secondary N) is 2. The Morgan fingerprint density at radius 2 is 2.18 bits per heavy atom. The van der Waals surface area contributed by atoms with Crippen molar-refractivity contribution in [2.45, 2.75) is 27.3 Å². The Hall–Kier alpha value is -2.11. The summed E-state index contributed by atoms with van der Waals surface area (Å²) in [7, 11) is 0. The van der Waals surface area contributed by atoms with Gasteiger partial charge in [0, 0.05) is 18.2 Å². The molecule has 0 unspecified atom stereocenters. The van der Waals surface area contributed by atoms with E-state index in [0.717, 1.165) is 17.0 Å². The minimum absolute atomic E-state index is 0.168. The maximum atomic E-state index is 11.2. The molecule has 0 aromatic carbocycles. The van der Waals surface area contributed by atoms with E-state index in [1.165, 1.54) is 6.07 Å². The fourth-order valence-electron chi connectivity index (χ4n) is 1.60. The molecule has 0 fully saturated rings. The van der Waals surface area contributed by atoms with Crippen LogP contribution in [0.4, 0.5) is 5.82 Å². The monoisotopic (exact) mass is 234 g/mol. The molecule has 90 valence electrons. The van der Waals surface area contributed by atoms with Gasteiger partial charge in [0.2, 0.25) is 0 Å². The normalized spacial score (nSPS) is 10.5. The molecule has 0 bridgehead atoms. The standard InChI is InChI=1S/C11H14N4O2/c1-6-9(7(2)17-15-6)5-12-10-4-11(16)14-8(3)13-10/h4H,5H2,1-3H3,(H2,12,13,14,16). The Kier molecular flexibility index (Phi) is 2.95. The predicted octanol–water partition coefficient (Wildman–Crippen LogP) is 1.30. The van der Waals surface area contributed by atoms with Gasteiger partial charge in [0.25, 0.3) is 5.56 Å². The summed E-state index contributed by atoms with van der Waals surface area (Å²) in [6.45, 7) is 6.01. The molecule has 17 heavy (non-hydrogen) atoms. The number of anilines is 1. The number of hydrogen-bond acceptors (Lipinski definition) is 5. The number of aryl methyl sites for hydroxylation is 3. The molecule has 2 aromatic rings. The summed E-state index contributed by atoms with van der Waals surface area (Å²) in [6.07, 6.45) is 0. The van der Waals surface area contributed by atoms with E-state index in [0.29, 0.717) is 18.2 Å². The molecule has 0 radical (unpaired) electrons. The lowest BCUT2D eigenvalue weighted by Gasteiger charge is -2.05. The van der Waals surface area contributed by atoms with E-state index < -0.39 is 0 Å². The van der Waals surface area contributed by atoms with Crippen LogP contribution in [0, 0.1) is 20.8 Å². The number of H-pyrrole nitrogens is 1. The SMILES string of the molecule is Cc1nc(NCc2c(C)noc2C)cc(=O)[nH]1. The van der Waals surface area contributed by atoms with Gasteiger partial charge >= 0.3 is 0 Å². The van der Waals surface area contributed by atoms with Crippen molar-refractivity contribution in [3.05, 3.63) is 39.3 Å². The van der Waals surface area contributed by atoms with E-state index in [2.05, 4.69) is 20.4 Å². The van der Waals surface area contributed by atoms with E-state index in [1.54, 1.807) is 6.92 Å². The van der Waals surface area contributed by atoms with Crippen LogP contribution < -0.4 is 10.9 Å². The van der Waals surface area contributed by atoms with E-state index in [-0.39, 0.29) is 5.56 Å². The highest BCUT2D eigenvalue weighted by Crippen LogP contribution is 2.13. The Labute approximate surface area is 98.1 Å². The molecule has 2 rings (SSSR count). The van der Waals surface area contributed by atoms with Crippen molar-refractivity contribution in [1.82, 2.24) is 15.1 Å². The van der Waals surface area contributed by atoms with Gasteiger partial charge in [-0.2, -0.15) is 0 Å².